The monoisotopic (exact) mass is 164 g/mol. The summed E-state index contributed by atoms with van der Waals surface area (Å²) < 4.78 is 4.34. The third-order valence-electron chi connectivity index (χ3n) is 0.935. The number of rotatable bonds is 0. The van der Waals surface area contributed by atoms with E-state index in [1.54, 1.807) is 24.5 Å². The van der Waals surface area contributed by atoms with Crippen LogP contribution in [-0.4, -0.2) is 15.1 Å². The van der Waals surface area contributed by atoms with E-state index in [1.807, 2.05) is 0 Å². The maximum atomic E-state index is 5.07. The Bertz CT molecular complexity index is 255. The van der Waals surface area contributed by atoms with Crippen LogP contribution in [0, 0.1) is 0 Å². The van der Waals surface area contributed by atoms with Crippen molar-refractivity contribution in [2.75, 3.05) is 5.73 Å². The summed E-state index contributed by atoms with van der Waals surface area (Å²) in [5.41, 5.74) is 5.07. The summed E-state index contributed by atoms with van der Waals surface area (Å²) in [5, 5.41) is 3.32. The molecule has 2 aromatic rings. The average Bonchev–Trinajstić information content (AvgIpc) is 2.60. The first-order valence-corrected chi connectivity index (χ1v) is 3.25. The van der Waals surface area contributed by atoms with Crippen LogP contribution in [0.1, 0.15) is 0 Å². The van der Waals surface area contributed by atoms with Crippen molar-refractivity contribution in [3.8, 4) is 0 Å². The number of nitrogen functional groups attached to an aromatic ring is 1. The van der Waals surface area contributed by atoms with Crippen LogP contribution < -0.4 is 5.73 Å². The van der Waals surface area contributed by atoms with E-state index in [9.17, 15) is 0 Å². The molecule has 0 aliphatic rings. The van der Waals surface area contributed by atoms with E-state index < -0.39 is 0 Å². The summed E-state index contributed by atoms with van der Waals surface area (Å²) in [4.78, 5) is 7.35. The minimum absolute atomic E-state index is 0.426. The van der Waals surface area contributed by atoms with Gasteiger partial charge in [-0.1, -0.05) is 5.16 Å². The molecule has 2 heterocycles. The lowest BCUT2D eigenvalue weighted by atomic mass is 10.7. The van der Waals surface area contributed by atoms with Crippen LogP contribution >= 0.6 is 0 Å². The van der Waals surface area contributed by atoms with Crippen molar-refractivity contribution in [3.63, 3.8) is 0 Å². The maximum absolute atomic E-state index is 5.07. The Hall–Kier alpha value is -1.91. The first kappa shape index (κ1) is 8.19. The normalized spacial score (nSPS) is 8.33. The van der Waals surface area contributed by atoms with Crippen molar-refractivity contribution < 1.29 is 4.52 Å². The average molecular weight is 164 g/mol. The van der Waals surface area contributed by atoms with Crippen molar-refractivity contribution in [1.82, 2.24) is 15.1 Å². The first-order chi connectivity index (χ1) is 5.89. The summed E-state index contributed by atoms with van der Waals surface area (Å²) >= 11 is 0. The van der Waals surface area contributed by atoms with Gasteiger partial charge >= 0.3 is 0 Å². The zero-order chi connectivity index (χ0) is 8.65. The fraction of sp³-hybridized carbons (Fsp3) is 0. The molecule has 0 aromatic carbocycles. The van der Waals surface area contributed by atoms with Gasteiger partial charge in [-0.15, -0.1) is 0 Å². The zero-order valence-corrected chi connectivity index (χ0v) is 6.29. The zero-order valence-electron chi connectivity index (χ0n) is 6.29. The van der Waals surface area contributed by atoms with Crippen LogP contribution in [0.2, 0.25) is 0 Å². The molecule has 12 heavy (non-hydrogen) atoms. The third kappa shape index (κ3) is 3.31. The van der Waals surface area contributed by atoms with E-state index in [0.29, 0.717) is 5.82 Å². The highest BCUT2D eigenvalue weighted by Crippen LogP contribution is 1.90. The topological polar surface area (TPSA) is 77.8 Å². The largest absolute Gasteiger partial charge is 0.381 e. The molecular weight excluding hydrogens is 156 g/mol. The van der Waals surface area contributed by atoms with Gasteiger partial charge in [0.05, 0.1) is 0 Å². The Morgan fingerprint density at radius 1 is 1.25 bits per heavy atom. The lowest BCUT2D eigenvalue weighted by Gasteiger charge is -1.70. The van der Waals surface area contributed by atoms with E-state index in [2.05, 4.69) is 19.6 Å². The number of aromatic nitrogens is 3. The maximum Gasteiger partial charge on any atom is 0.166 e. The second kappa shape index (κ2) is 4.84. The van der Waals surface area contributed by atoms with E-state index >= 15 is 0 Å². The van der Waals surface area contributed by atoms with Gasteiger partial charge in [0.2, 0.25) is 0 Å². The van der Waals surface area contributed by atoms with Crippen molar-refractivity contribution in [2.24, 2.45) is 0 Å². The van der Waals surface area contributed by atoms with Gasteiger partial charge in [-0.3, -0.25) is 0 Å². The molecule has 0 aliphatic carbocycles. The minimum Gasteiger partial charge on any atom is -0.381 e. The molecule has 0 saturated heterocycles. The summed E-state index contributed by atoms with van der Waals surface area (Å²) in [5.74, 6) is 0.426. The molecule has 0 atom stereocenters. The van der Waals surface area contributed by atoms with Gasteiger partial charge in [-0.25, -0.2) is 9.97 Å². The molecule has 2 aromatic heterocycles. The Morgan fingerprint density at radius 3 is 2.17 bits per heavy atom. The lowest BCUT2D eigenvalue weighted by molar-refractivity contribution is 0.423. The predicted molar refractivity (Wildman–Crippen MR) is 42.9 cm³/mol. The summed E-state index contributed by atoms with van der Waals surface area (Å²) in [7, 11) is 0. The highest BCUT2D eigenvalue weighted by molar-refractivity contribution is 5.21. The Kier molecular flexibility index (Phi) is 3.30. The molecule has 0 saturated carbocycles. The fourth-order valence-electron chi connectivity index (χ4n) is 0.475. The van der Waals surface area contributed by atoms with Gasteiger partial charge < -0.3 is 10.3 Å². The molecular formula is C7H8N4O. The molecule has 0 spiro atoms. The third-order valence-corrected chi connectivity index (χ3v) is 0.935. The molecule has 0 radical (unpaired) electrons. The fourth-order valence-corrected chi connectivity index (χ4v) is 0.475. The number of nitrogens with two attached hydrogens (primary N) is 1. The van der Waals surface area contributed by atoms with Crippen LogP contribution in [-0.2, 0) is 0 Å². The number of hydrogen-bond acceptors (Lipinski definition) is 5. The molecule has 62 valence electrons. The quantitative estimate of drug-likeness (QED) is 0.621. The van der Waals surface area contributed by atoms with Crippen LogP contribution in [0.5, 0.6) is 0 Å². The van der Waals surface area contributed by atoms with Gasteiger partial charge in [0.15, 0.2) is 5.82 Å². The van der Waals surface area contributed by atoms with Gasteiger partial charge in [0.1, 0.15) is 12.6 Å². The van der Waals surface area contributed by atoms with E-state index in [1.165, 1.54) is 12.6 Å². The Morgan fingerprint density at radius 2 is 2.00 bits per heavy atom. The molecule has 2 N–H and O–H groups in total. The molecule has 5 heteroatoms. The van der Waals surface area contributed by atoms with Gasteiger partial charge in [0.25, 0.3) is 0 Å². The van der Waals surface area contributed by atoms with E-state index in [0.717, 1.165) is 0 Å². The molecule has 0 amide bonds. The first-order valence-electron chi connectivity index (χ1n) is 3.25. The van der Waals surface area contributed by atoms with Crippen molar-refractivity contribution in [1.29, 1.82) is 0 Å². The Labute approximate surface area is 69.2 Å². The second-order valence-electron chi connectivity index (χ2n) is 1.83. The van der Waals surface area contributed by atoms with Gasteiger partial charge in [-0.05, 0) is 6.07 Å². The summed E-state index contributed by atoms with van der Waals surface area (Å²) in [6.07, 6.45) is 6.30. The van der Waals surface area contributed by atoms with Gasteiger partial charge in [0, 0.05) is 18.5 Å². The van der Waals surface area contributed by atoms with Crippen molar-refractivity contribution >= 4 is 5.82 Å². The highest BCUT2D eigenvalue weighted by atomic mass is 16.5. The van der Waals surface area contributed by atoms with Crippen molar-refractivity contribution in [2.45, 2.75) is 0 Å². The van der Waals surface area contributed by atoms with E-state index in [4.69, 9.17) is 5.73 Å². The van der Waals surface area contributed by atoms with Crippen LogP contribution in [0.25, 0.3) is 0 Å². The predicted octanol–water partition coefficient (Wildman–Crippen LogP) is 0.733. The summed E-state index contributed by atoms with van der Waals surface area (Å²) in [6.45, 7) is 0. The van der Waals surface area contributed by atoms with Crippen LogP contribution in [0.3, 0.4) is 0 Å². The standard InChI is InChI=1S/C4H4N2.C3H4N2O/c1-2-5-4-6-3-1;4-3-1-2-6-5-3/h1-4H;1-2H,(H2,4,5). The second-order valence-corrected chi connectivity index (χ2v) is 1.83. The van der Waals surface area contributed by atoms with Crippen molar-refractivity contribution in [3.05, 3.63) is 37.1 Å². The minimum atomic E-state index is 0.426. The smallest absolute Gasteiger partial charge is 0.166 e. The number of hydrogen-bond donors (Lipinski definition) is 1. The summed E-state index contributed by atoms with van der Waals surface area (Å²) in [6, 6.07) is 3.36. The van der Waals surface area contributed by atoms with E-state index in [-0.39, 0.29) is 0 Å². The molecule has 0 fully saturated rings. The molecule has 0 unspecified atom stereocenters. The van der Waals surface area contributed by atoms with Gasteiger partial charge in [-0.2, -0.15) is 0 Å². The Balaban J connectivity index is 0.000000120. The van der Waals surface area contributed by atoms with Crippen LogP contribution in [0.4, 0.5) is 5.82 Å². The lowest BCUT2D eigenvalue weighted by Crippen LogP contribution is -1.79. The molecule has 5 nitrogen and oxygen atoms in total. The van der Waals surface area contributed by atoms with Crippen LogP contribution in [0.15, 0.2) is 41.6 Å². The SMILES string of the molecule is Nc1ccon1.c1cncnc1. The number of anilines is 1. The highest BCUT2D eigenvalue weighted by Gasteiger charge is 1.78. The number of nitrogens with zero attached hydrogens (tertiary/aromatic N) is 3. The molecule has 2 rings (SSSR count). The molecule has 0 aliphatic heterocycles. The molecule has 0 bridgehead atoms.